The minimum atomic E-state index is -0.315. The molecular weight excluding hydrogens is 328 g/mol. The molecule has 100 valence electrons. The van der Waals surface area contributed by atoms with E-state index in [4.69, 9.17) is 22.1 Å². The zero-order chi connectivity index (χ0) is 13.8. The third-order valence-electron chi connectivity index (χ3n) is 2.63. The number of nitrogens with zero attached hydrogens (tertiary/aromatic N) is 1. The second kappa shape index (κ2) is 6.37. The van der Waals surface area contributed by atoms with Crippen molar-refractivity contribution in [3.05, 3.63) is 57.8 Å². The normalized spacial score (nSPS) is 13.9. The lowest BCUT2D eigenvalue weighted by atomic mass is 10.0. The number of halogens is 2. The van der Waals surface area contributed by atoms with E-state index in [-0.39, 0.29) is 12.1 Å². The van der Waals surface area contributed by atoms with Crippen LogP contribution < -0.4 is 10.5 Å². The van der Waals surface area contributed by atoms with Gasteiger partial charge in [-0.05, 0) is 35.0 Å². The van der Waals surface area contributed by atoms with Gasteiger partial charge in [0.2, 0.25) is 0 Å². The third kappa shape index (κ3) is 3.69. The average Bonchev–Trinajstić information content (AvgIpc) is 2.37. The van der Waals surface area contributed by atoms with Crippen molar-refractivity contribution in [3.8, 4) is 5.75 Å². The van der Waals surface area contributed by atoms with Crippen molar-refractivity contribution in [1.82, 2.24) is 4.98 Å². The van der Waals surface area contributed by atoms with Crippen LogP contribution in [0.5, 0.6) is 5.75 Å². The molecule has 2 unspecified atom stereocenters. The summed E-state index contributed by atoms with van der Waals surface area (Å²) in [6, 6.07) is 9.19. The van der Waals surface area contributed by atoms with Crippen molar-refractivity contribution in [1.29, 1.82) is 0 Å². The van der Waals surface area contributed by atoms with Crippen molar-refractivity contribution in [3.63, 3.8) is 0 Å². The van der Waals surface area contributed by atoms with Crippen LogP contribution in [0.4, 0.5) is 0 Å². The quantitative estimate of drug-likeness (QED) is 0.915. The molecule has 1 aromatic carbocycles. The van der Waals surface area contributed by atoms with E-state index in [1.54, 1.807) is 12.4 Å². The maximum absolute atomic E-state index is 6.20. The Balaban J connectivity index is 2.29. The Morgan fingerprint density at radius 2 is 2.05 bits per heavy atom. The lowest BCUT2D eigenvalue weighted by Gasteiger charge is -2.23. The molecule has 0 saturated heterocycles. The zero-order valence-corrected chi connectivity index (χ0v) is 12.7. The molecule has 1 heterocycles. The topological polar surface area (TPSA) is 48.1 Å². The summed E-state index contributed by atoms with van der Waals surface area (Å²) in [5, 5.41) is 0.646. The van der Waals surface area contributed by atoms with Crippen LogP contribution in [0.2, 0.25) is 5.02 Å². The van der Waals surface area contributed by atoms with Gasteiger partial charge < -0.3 is 10.5 Å². The van der Waals surface area contributed by atoms with Gasteiger partial charge in [0, 0.05) is 27.3 Å². The molecule has 0 amide bonds. The van der Waals surface area contributed by atoms with Gasteiger partial charge in [0.15, 0.2) is 0 Å². The fourth-order valence-corrected chi connectivity index (χ4v) is 2.35. The number of nitrogens with two attached hydrogens (primary N) is 1. The Morgan fingerprint density at radius 3 is 2.68 bits per heavy atom. The van der Waals surface area contributed by atoms with E-state index < -0.39 is 0 Å². The number of pyridine rings is 1. The van der Waals surface area contributed by atoms with Gasteiger partial charge in [-0.3, -0.25) is 4.98 Å². The van der Waals surface area contributed by atoms with E-state index in [1.807, 2.05) is 37.3 Å². The number of ether oxygens (including phenoxy) is 1. The van der Waals surface area contributed by atoms with Gasteiger partial charge in [-0.15, -0.1) is 0 Å². The van der Waals surface area contributed by atoms with E-state index in [2.05, 4.69) is 20.9 Å². The maximum atomic E-state index is 6.20. The molecule has 2 rings (SSSR count). The molecular formula is C14H14BrClN2O. The van der Waals surface area contributed by atoms with Gasteiger partial charge in [0.1, 0.15) is 11.9 Å². The van der Waals surface area contributed by atoms with E-state index in [9.17, 15) is 0 Å². The fourth-order valence-electron chi connectivity index (χ4n) is 1.76. The van der Waals surface area contributed by atoms with Gasteiger partial charge in [-0.2, -0.15) is 0 Å². The van der Waals surface area contributed by atoms with E-state index in [0.29, 0.717) is 10.8 Å². The number of aromatic nitrogens is 1. The van der Waals surface area contributed by atoms with Crippen molar-refractivity contribution in [2.75, 3.05) is 0 Å². The van der Waals surface area contributed by atoms with Crippen molar-refractivity contribution < 1.29 is 4.74 Å². The number of rotatable bonds is 4. The molecule has 3 nitrogen and oxygen atoms in total. The van der Waals surface area contributed by atoms with Crippen LogP contribution in [0.15, 0.2) is 47.2 Å². The average molecular weight is 342 g/mol. The fraction of sp³-hybridized carbons (Fsp3) is 0.214. The number of benzene rings is 1. The summed E-state index contributed by atoms with van der Waals surface area (Å²) in [6.45, 7) is 1.89. The Labute approximate surface area is 125 Å². The van der Waals surface area contributed by atoms with Gasteiger partial charge in [0.25, 0.3) is 0 Å². The van der Waals surface area contributed by atoms with Gasteiger partial charge in [-0.25, -0.2) is 0 Å². The van der Waals surface area contributed by atoms with Gasteiger partial charge >= 0.3 is 0 Å². The molecule has 0 fully saturated rings. The molecule has 0 saturated carbocycles. The van der Waals surface area contributed by atoms with E-state index in [0.717, 1.165) is 10.0 Å². The molecule has 0 aliphatic carbocycles. The first-order valence-corrected chi connectivity index (χ1v) is 7.02. The summed E-state index contributed by atoms with van der Waals surface area (Å²) < 4.78 is 6.78. The lowest BCUT2D eigenvalue weighted by molar-refractivity contribution is 0.180. The Bertz CT molecular complexity index is 563. The molecule has 19 heavy (non-hydrogen) atoms. The smallest absolute Gasteiger partial charge is 0.140 e. The molecule has 0 radical (unpaired) electrons. The first-order valence-electron chi connectivity index (χ1n) is 5.85. The minimum Gasteiger partial charge on any atom is -0.482 e. The second-order valence-electron chi connectivity index (χ2n) is 4.26. The summed E-state index contributed by atoms with van der Waals surface area (Å²) in [4.78, 5) is 4.07. The number of hydrogen-bond donors (Lipinski definition) is 1. The molecule has 1 aromatic heterocycles. The van der Waals surface area contributed by atoms with Crippen LogP contribution in [0.3, 0.4) is 0 Å². The van der Waals surface area contributed by atoms with E-state index in [1.165, 1.54) is 0 Å². The maximum Gasteiger partial charge on any atom is 0.140 e. The molecule has 2 N–H and O–H groups in total. The first kappa shape index (κ1) is 14.3. The van der Waals surface area contributed by atoms with Crippen LogP contribution >= 0.6 is 27.5 Å². The highest BCUT2D eigenvalue weighted by Gasteiger charge is 2.20. The summed E-state index contributed by atoms with van der Waals surface area (Å²) in [5.74, 6) is 0.650. The second-order valence-corrected chi connectivity index (χ2v) is 5.58. The zero-order valence-electron chi connectivity index (χ0n) is 10.4. The molecule has 2 atom stereocenters. The highest BCUT2D eigenvalue weighted by atomic mass is 79.9. The lowest BCUT2D eigenvalue weighted by Crippen LogP contribution is -2.29. The van der Waals surface area contributed by atoms with E-state index >= 15 is 0 Å². The summed E-state index contributed by atoms with van der Waals surface area (Å²) in [6.07, 6.45) is 3.03. The standard InChI is InChI=1S/C14H14BrClN2O/c1-9(17)14(12-4-2-3-5-13(12)16)19-11-6-10(15)7-18-8-11/h2-9,14H,17H2,1H3. The third-order valence-corrected chi connectivity index (χ3v) is 3.41. The number of hydrogen-bond acceptors (Lipinski definition) is 3. The summed E-state index contributed by atoms with van der Waals surface area (Å²) in [5.41, 5.74) is 6.88. The Kier molecular flexibility index (Phi) is 4.80. The van der Waals surface area contributed by atoms with Crippen LogP contribution in [0.1, 0.15) is 18.6 Å². The molecule has 0 aliphatic heterocycles. The first-order chi connectivity index (χ1) is 9.08. The SMILES string of the molecule is CC(N)C(Oc1cncc(Br)c1)c1ccccc1Cl. The highest BCUT2D eigenvalue weighted by Crippen LogP contribution is 2.29. The van der Waals surface area contributed by atoms with Crippen LogP contribution in [0.25, 0.3) is 0 Å². The minimum absolute atomic E-state index is 0.195. The summed E-state index contributed by atoms with van der Waals surface area (Å²) in [7, 11) is 0. The predicted molar refractivity (Wildman–Crippen MR) is 80.4 cm³/mol. The molecule has 5 heteroatoms. The molecule has 0 aliphatic rings. The highest BCUT2D eigenvalue weighted by molar-refractivity contribution is 9.10. The van der Waals surface area contributed by atoms with Crippen LogP contribution in [0, 0.1) is 0 Å². The van der Waals surface area contributed by atoms with Gasteiger partial charge in [0.05, 0.1) is 6.20 Å². The molecule has 2 aromatic rings. The van der Waals surface area contributed by atoms with Gasteiger partial charge in [-0.1, -0.05) is 29.8 Å². The molecule has 0 bridgehead atoms. The van der Waals surface area contributed by atoms with Crippen LogP contribution in [-0.4, -0.2) is 11.0 Å². The Morgan fingerprint density at radius 1 is 1.32 bits per heavy atom. The monoisotopic (exact) mass is 340 g/mol. The predicted octanol–water partition coefficient (Wildman–Crippen LogP) is 3.96. The molecule has 0 spiro atoms. The largest absolute Gasteiger partial charge is 0.482 e. The van der Waals surface area contributed by atoms with Crippen LogP contribution in [-0.2, 0) is 0 Å². The summed E-state index contributed by atoms with van der Waals surface area (Å²) >= 11 is 9.56. The van der Waals surface area contributed by atoms with Crippen molar-refractivity contribution >= 4 is 27.5 Å². The van der Waals surface area contributed by atoms with Crippen molar-refractivity contribution in [2.45, 2.75) is 19.1 Å². The Hall–Kier alpha value is -1.10. The van der Waals surface area contributed by atoms with Crippen molar-refractivity contribution in [2.24, 2.45) is 5.73 Å².